The summed E-state index contributed by atoms with van der Waals surface area (Å²) in [6.45, 7) is 7.06. The summed E-state index contributed by atoms with van der Waals surface area (Å²) in [5.41, 5.74) is -1.29. The maximum atomic E-state index is 12.9. The number of nitrogens with zero attached hydrogens (tertiary/aromatic N) is 4. The van der Waals surface area contributed by atoms with E-state index in [1.54, 1.807) is 19.9 Å². The Morgan fingerprint density at radius 2 is 1.93 bits per heavy atom. The fraction of sp³-hybridized carbons (Fsp3) is 0.484. The maximum Gasteiger partial charge on any atom is 0.323 e. The van der Waals surface area contributed by atoms with Gasteiger partial charge in [-0.2, -0.15) is 4.98 Å². The lowest BCUT2D eigenvalue weighted by Gasteiger charge is -2.29. The van der Waals surface area contributed by atoms with Crippen molar-refractivity contribution in [3.63, 3.8) is 0 Å². The summed E-state index contributed by atoms with van der Waals surface area (Å²) in [7, 11) is 1.48. The lowest BCUT2D eigenvalue weighted by atomic mass is 9.96. The number of carbonyl (C=O) groups excluding carboxylic acids is 1. The second-order valence-corrected chi connectivity index (χ2v) is 15.8. The summed E-state index contributed by atoms with van der Waals surface area (Å²) in [6, 6.07) is 12.3. The van der Waals surface area contributed by atoms with Crippen LogP contribution in [0.15, 0.2) is 48.8 Å². The summed E-state index contributed by atoms with van der Waals surface area (Å²) >= 11 is 5.95. The van der Waals surface area contributed by atoms with Crippen LogP contribution in [0.5, 0.6) is 11.6 Å². The highest BCUT2D eigenvalue weighted by atomic mass is 32.5. The molecule has 15 heteroatoms. The van der Waals surface area contributed by atoms with Crippen LogP contribution in [0.1, 0.15) is 46.7 Å². The third-order valence-electron chi connectivity index (χ3n) is 7.43. The van der Waals surface area contributed by atoms with Gasteiger partial charge in [0.05, 0.1) is 26.7 Å². The van der Waals surface area contributed by atoms with E-state index in [1.807, 2.05) is 57.2 Å². The van der Waals surface area contributed by atoms with Crippen molar-refractivity contribution in [3.8, 4) is 11.6 Å². The van der Waals surface area contributed by atoms with E-state index in [2.05, 4.69) is 20.0 Å². The standard InChI is InChI=1S/C31H40N5O8PS/c1-18(28(38)41-16-30(3,4)5)35-45(46,44-22-14-10-12-20-11-8-9-13-21(20)22)42-15-23-25(37)31(6,39)29(43-23)36-17-32-24-26(36)33-19(2)34-27(24)40-7/h8-14,17-18,23,25,29,37,39H,15-16H2,1-7H3,(H,35,46)/t18?,23-,25-,29-,31-,45?/m1/s1. The predicted molar refractivity (Wildman–Crippen MR) is 175 cm³/mol. The zero-order valence-corrected chi connectivity index (χ0v) is 28.5. The second-order valence-electron chi connectivity index (χ2n) is 12.7. The van der Waals surface area contributed by atoms with Crippen molar-refractivity contribution in [2.24, 2.45) is 5.41 Å². The number of ether oxygens (including phenoxy) is 3. The Labute approximate surface area is 272 Å². The minimum atomic E-state index is -3.52. The third kappa shape index (κ3) is 7.18. The zero-order chi connectivity index (χ0) is 33.4. The number of hydrogen-bond donors (Lipinski definition) is 3. The Morgan fingerprint density at radius 1 is 1.22 bits per heavy atom. The van der Waals surface area contributed by atoms with E-state index in [-0.39, 0.29) is 24.5 Å². The minimum absolute atomic E-state index is 0.212. The van der Waals surface area contributed by atoms with E-state index in [4.69, 9.17) is 35.1 Å². The van der Waals surface area contributed by atoms with Gasteiger partial charge in [-0.05, 0) is 49.4 Å². The van der Waals surface area contributed by atoms with Gasteiger partial charge in [0.25, 0.3) is 0 Å². The molecule has 0 bridgehead atoms. The molecule has 6 atom stereocenters. The Hall–Kier alpha value is -3.23. The summed E-state index contributed by atoms with van der Waals surface area (Å²) in [5.74, 6) is 0.633. The van der Waals surface area contributed by atoms with Gasteiger partial charge in [0.1, 0.15) is 35.4 Å². The molecule has 0 aliphatic carbocycles. The molecule has 0 saturated carbocycles. The topological polar surface area (TPSA) is 159 Å². The molecule has 0 spiro atoms. The summed E-state index contributed by atoms with van der Waals surface area (Å²) in [5, 5.41) is 27.5. The molecule has 5 rings (SSSR count). The molecular weight excluding hydrogens is 633 g/mol. The van der Waals surface area contributed by atoms with Gasteiger partial charge in [0.15, 0.2) is 17.4 Å². The van der Waals surface area contributed by atoms with Gasteiger partial charge in [-0.15, -0.1) is 0 Å². The minimum Gasteiger partial charge on any atom is -0.479 e. The first-order valence-corrected chi connectivity index (χ1v) is 17.4. The molecule has 0 amide bonds. The SMILES string of the molecule is COc1nc(C)nc2c1ncn2[C@@H]1O[C@H](COP(=S)(NC(C)C(=O)OCC(C)(C)C)Oc2cccc3ccccc23)[C@@H](O)[C@@]1(C)O. The third-order valence-corrected chi connectivity index (χ3v) is 9.92. The fourth-order valence-electron chi connectivity index (χ4n) is 5.05. The normalized spacial score (nSPS) is 23.7. The van der Waals surface area contributed by atoms with Crippen LogP contribution in [0.3, 0.4) is 0 Å². The van der Waals surface area contributed by atoms with Crippen molar-refractivity contribution in [2.75, 3.05) is 20.3 Å². The van der Waals surface area contributed by atoms with E-state index < -0.39 is 42.7 Å². The van der Waals surface area contributed by atoms with Crippen molar-refractivity contribution in [3.05, 3.63) is 54.6 Å². The average Bonchev–Trinajstić information content (AvgIpc) is 3.51. The van der Waals surface area contributed by atoms with Gasteiger partial charge in [-0.3, -0.25) is 9.36 Å². The van der Waals surface area contributed by atoms with Crippen LogP contribution in [0, 0.1) is 12.3 Å². The van der Waals surface area contributed by atoms with Gasteiger partial charge >= 0.3 is 12.6 Å². The first-order chi connectivity index (χ1) is 21.6. The molecule has 4 aromatic rings. The molecule has 1 aliphatic rings. The van der Waals surface area contributed by atoms with Crippen molar-refractivity contribution >= 4 is 46.4 Å². The van der Waals surface area contributed by atoms with Crippen LogP contribution < -0.4 is 14.3 Å². The quantitative estimate of drug-likeness (QED) is 0.154. The highest BCUT2D eigenvalue weighted by Gasteiger charge is 2.54. The number of aliphatic hydroxyl groups excluding tert-OH is 1. The summed E-state index contributed by atoms with van der Waals surface area (Å²) < 4.78 is 31.2. The number of benzene rings is 2. The van der Waals surface area contributed by atoms with Gasteiger partial charge in [0.2, 0.25) is 5.88 Å². The first-order valence-electron chi connectivity index (χ1n) is 14.8. The fourth-order valence-corrected chi connectivity index (χ4v) is 7.47. The van der Waals surface area contributed by atoms with Crippen molar-refractivity contribution in [1.29, 1.82) is 0 Å². The smallest absolute Gasteiger partial charge is 0.323 e. The summed E-state index contributed by atoms with van der Waals surface area (Å²) in [6.07, 6.45) is -2.12. The largest absolute Gasteiger partial charge is 0.479 e. The van der Waals surface area contributed by atoms with E-state index >= 15 is 0 Å². The van der Waals surface area contributed by atoms with Crippen LogP contribution in [-0.4, -0.2) is 79.9 Å². The molecule has 1 saturated heterocycles. The number of esters is 1. The summed E-state index contributed by atoms with van der Waals surface area (Å²) in [4.78, 5) is 26.0. The Bertz CT molecular complexity index is 1770. The molecule has 2 aromatic heterocycles. The average molecular weight is 674 g/mol. The lowest BCUT2D eigenvalue weighted by Crippen LogP contribution is -2.44. The molecule has 248 valence electrons. The first kappa shape index (κ1) is 34.1. The predicted octanol–water partition coefficient (Wildman–Crippen LogP) is 4.19. The molecular formula is C31H40N5O8PS. The van der Waals surface area contributed by atoms with Crippen LogP contribution in [0.4, 0.5) is 0 Å². The maximum absolute atomic E-state index is 12.9. The number of aromatic nitrogens is 4. The molecule has 1 fully saturated rings. The number of aliphatic hydroxyl groups is 2. The molecule has 1 aliphatic heterocycles. The van der Waals surface area contributed by atoms with Crippen LogP contribution >= 0.6 is 6.64 Å². The van der Waals surface area contributed by atoms with Gasteiger partial charge < -0.3 is 33.5 Å². The number of nitrogens with one attached hydrogen (secondary N) is 1. The van der Waals surface area contributed by atoms with E-state index in [1.165, 1.54) is 24.9 Å². The Morgan fingerprint density at radius 3 is 2.65 bits per heavy atom. The monoisotopic (exact) mass is 673 g/mol. The zero-order valence-electron chi connectivity index (χ0n) is 26.8. The van der Waals surface area contributed by atoms with E-state index in [0.717, 1.165) is 10.8 Å². The molecule has 46 heavy (non-hydrogen) atoms. The molecule has 0 radical (unpaired) electrons. The van der Waals surface area contributed by atoms with E-state index in [0.29, 0.717) is 22.7 Å². The highest BCUT2D eigenvalue weighted by molar-refractivity contribution is 8.09. The van der Waals surface area contributed by atoms with Gasteiger partial charge in [-0.1, -0.05) is 57.2 Å². The molecule has 2 aromatic carbocycles. The second kappa shape index (κ2) is 13.1. The van der Waals surface area contributed by atoms with Crippen molar-refractivity contribution in [1.82, 2.24) is 24.6 Å². The lowest BCUT2D eigenvalue weighted by molar-refractivity contribution is -0.148. The highest BCUT2D eigenvalue weighted by Crippen LogP contribution is 2.49. The molecule has 3 N–H and O–H groups in total. The van der Waals surface area contributed by atoms with Crippen LogP contribution in [0.25, 0.3) is 21.9 Å². The number of fused-ring (bicyclic) bond motifs is 2. The van der Waals surface area contributed by atoms with E-state index in [9.17, 15) is 15.0 Å². The molecule has 2 unspecified atom stereocenters. The van der Waals surface area contributed by atoms with Gasteiger partial charge in [0, 0.05) is 5.39 Å². The van der Waals surface area contributed by atoms with Crippen LogP contribution in [-0.2, 0) is 30.6 Å². The number of carbonyl (C=O) groups is 1. The molecule has 3 heterocycles. The Balaban J connectivity index is 1.40. The number of imidazole rings is 1. The van der Waals surface area contributed by atoms with Crippen molar-refractivity contribution < 1.29 is 38.3 Å². The number of rotatable bonds is 11. The Kier molecular flexibility index (Phi) is 9.72. The number of methoxy groups -OCH3 is 1. The number of hydrogen-bond acceptors (Lipinski definition) is 12. The van der Waals surface area contributed by atoms with Crippen molar-refractivity contribution in [2.45, 2.75) is 71.6 Å². The van der Waals surface area contributed by atoms with Crippen LogP contribution in [0.2, 0.25) is 0 Å². The number of aryl methyl sites for hydroxylation is 1. The van der Waals surface area contributed by atoms with Gasteiger partial charge in [-0.25, -0.2) is 15.1 Å². The molecule has 13 nitrogen and oxygen atoms in total.